The lowest BCUT2D eigenvalue weighted by Gasteiger charge is -2.22. The molecule has 1 aromatic rings. The van der Waals surface area contributed by atoms with Gasteiger partial charge >= 0.3 is 5.97 Å². The van der Waals surface area contributed by atoms with E-state index in [0.29, 0.717) is 5.02 Å². The maximum absolute atomic E-state index is 11.8. The SMILES string of the molecule is CC(C)(C)C(=O)N[C@H](Cc1ccc(Cl)cc1)C(=O)O. The van der Waals surface area contributed by atoms with Crippen molar-refractivity contribution >= 4 is 23.5 Å². The van der Waals surface area contributed by atoms with Crippen LogP contribution in [0.1, 0.15) is 26.3 Å². The molecule has 0 unspecified atom stereocenters. The van der Waals surface area contributed by atoms with Crippen molar-refractivity contribution in [1.29, 1.82) is 0 Å². The second-order valence-electron chi connectivity index (χ2n) is 5.44. The van der Waals surface area contributed by atoms with Gasteiger partial charge in [-0.15, -0.1) is 0 Å². The predicted molar refractivity (Wildman–Crippen MR) is 74.2 cm³/mol. The summed E-state index contributed by atoms with van der Waals surface area (Å²) in [4.78, 5) is 23.0. The number of hydrogen-bond acceptors (Lipinski definition) is 2. The van der Waals surface area contributed by atoms with Crippen LogP contribution in [0.25, 0.3) is 0 Å². The topological polar surface area (TPSA) is 66.4 Å². The maximum Gasteiger partial charge on any atom is 0.326 e. The summed E-state index contributed by atoms with van der Waals surface area (Å²) in [7, 11) is 0. The van der Waals surface area contributed by atoms with Crippen molar-refractivity contribution < 1.29 is 14.7 Å². The van der Waals surface area contributed by atoms with Crippen LogP contribution in [0.2, 0.25) is 5.02 Å². The lowest BCUT2D eigenvalue weighted by molar-refractivity contribution is -0.143. The van der Waals surface area contributed by atoms with Gasteiger partial charge in [0.15, 0.2) is 0 Å². The number of carboxylic acid groups (broad SMARTS) is 1. The molecule has 0 aliphatic carbocycles. The van der Waals surface area contributed by atoms with Crippen LogP contribution in [0.4, 0.5) is 0 Å². The number of hydrogen-bond donors (Lipinski definition) is 2. The second kappa shape index (κ2) is 6.06. The Hall–Kier alpha value is -1.55. The standard InChI is InChI=1S/C14H18ClNO3/c1-14(2,3)13(19)16-11(12(17)18)8-9-4-6-10(15)7-5-9/h4-7,11H,8H2,1-3H3,(H,16,19)(H,17,18)/t11-/m1/s1. The highest BCUT2D eigenvalue weighted by Gasteiger charge is 2.27. The van der Waals surface area contributed by atoms with Gasteiger partial charge in [0.25, 0.3) is 0 Å². The molecule has 0 fully saturated rings. The van der Waals surface area contributed by atoms with E-state index in [0.717, 1.165) is 5.56 Å². The normalized spacial score (nSPS) is 12.8. The van der Waals surface area contributed by atoms with E-state index in [-0.39, 0.29) is 12.3 Å². The Bertz CT molecular complexity index is 463. The van der Waals surface area contributed by atoms with Gasteiger partial charge in [-0.3, -0.25) is 4.79 Å². The van der Waals surface area contributed by atoms with E-state index in [1.165, 1.54) is 0 Å². The fraction of sp³-hybridized carbons (Fsp3) is 0.429. The number of nitrogens with one attached hydrogen (secondary N) is 1. The Morgan fingerprint density at radius 1 is 1.26 bits per heavy atom. The van der Waals surface area contributed by atoms with E-state index in [9.17, 15) is 9.59 Å². The second-order valence-corrected chi connectivity index (χ2v) is 5.88. The molecule has 1 aromatic carbocycles. The number of carbonyl (C=O) groups excluding carboxylic acids is 1. The fourth-order valence-corrected chi connectivity index (χ4v) is 1.56. The van der Waals surface area contributed by atoms with Crippen LogP contribution in [0.5, 0.6) is 0 Å². The maximum atomic E-state index is 11.8. The summed E-state index contributed by atoms with van der Waals surface area (Å²) in [6.45, 7) is 5.22. The molecule has 0 saturated carbocycles. The number of carbonyl (C=O) groups is 2. The van der Waals surface area contributed by atoms with Gasteiger partial charge < -0.3 is 10.4 Å². The van der Waals surface area contributed by atoms with Gasteiger partial charge in [-0.05, 0) is 17.7 Å². The Labute approximate surface area is 117 Å². The average Bonchev–Trinajstić information content (AvgIpc) is 2.29. The first kappa shape index (κ1) is 15.5. The van der Waals surface area contributed by atoms with Crippen molar-refractivity contribution in [3.8, 4) is 0 Å². The highest BCUT2D eigenvalue weighted by Crippen LogP contribution is 2.15. The van der Waals surface area contributed by atoms with Crippen LogP contribution in [-0.4, -0.2) is 23.0 Å². The molecule has 1 rings (SSSR count). The van der Waals surface area contributed by atoms with E-state index < -0.39 is 17.4 Å². The number of benzene rings is 1. The summed E-state index contributed by atoms with van der Waals surface area (Å²) >= 11 is 5.77. The average molecular weight is 284 g/mol. The molecule has 0 aliphatic rings. The van der Waals surface area contributed by atoms with E-state index in [4.69, 9.17) is 16.7 Å². The largest absolute Gasteiger partial charge is 0.480 e. The van der Waals surface area contributed by atoms with E-state index in [1.54, 1.807) is 45.0 Å². The molecule has 1 atom stereocenters. The minimum absolute atomic E-state index is 0.230. The van der Waals surface area contributed by atoms with Crippen molar-refractivity contribution in [2.24, 2.45) is 5.41 Å². The zero-order valence-corrected chi connectivity index (χ0v) is 12.0. The number of aliphatic carboxylic acids is 1. The first-order valence-electron chi connectivity index (χ1n) is 5.98. The molecule has 19 heavy (non-hydrogen) atoms. The van der Waals surface area contributed by atoms with Crippen LogP contribution < -0.4 is 5.32 Å². The number of rotatable bonds is 4. The van der Waals surface area contributed by atoms with Gasteiger partial charge in [0, 0.05) is 16.9 Å². The summed E-state index contributed by atoms with van der Waals surface area (Å²) in [5, 5.41) is 12.3. The zero-order chi connectivity index (χ0) is 14.6. The third kappa shape index (κ3) is 4.91. The van der Waals surface area contributed by atoms with Gasteiger partial charge in [-0.1, -0.05) is 44.5 Å². The summed E-state index contributed by atoms with van der Waals surface area (Å²) in [5.74, 6) is -1.33. The quantitative estimate of drug-likeness (QED) is 0.892. The van der Waals surface area contributed by atoms with E-state index in [1.807, 2.05) is 0 Å². The molecule has 4 nitrogen and oxygen atoms in total. The van der Waals surface area contributed by atoms with Crippen molar-refractivity contribution in [2.75, 3.05) is 0 Å². The molecule has 0 radical (unpaired) electrons. The van der Waals surface area contributed by atoms with Crippen LogP contribution in [0.3, 0.4) is 0 Å². The molecule has 5 heteroatoms. The Morgan fingerprint density at radius 2 is 1.79 bits per heavy atom. The molecule has 0 aliphatic heterocycles. The summed E-state index contributed by atoms with van der Waals surface area (Å²) in [5.41, 5.74) is 0.194. The van der Waals surface area contributed by atoms with Crippen molar-refractivity contribution in [2.45, 2.75) is 33.2 Å². The molecular weight excluding hydrogens is 266 g/mol. The van der Waals surface area contributed by atoms with Gasteiger partial charge in [-0.25, -0.2) is 4.79 Å². The Morgan fingerprint density at radius 3 is 2.21 bits per heavy atom. The summed E-state index contributed by atoms with van der Waals surface area (Å²) < 4.78 is 0. The lowest BCUT2D eigenvalue weighted by atomic mass is 9.94. The molecule has 1 amide bonds. The smallest absolute Gasteiger partial charge is 0.326 e. The van der Waals surface area contributed by atoms with Crippen molar-refractivity contribution in [3.63, 3.8) is 0 Å². The Balaban J connectivity index is 2.77. The summed E-state index contributed by atoms with van der Waals surface area (Å²) in [6.07, 6.45) is 0.230. The van der Waals surface area contributed by atoms with Crippen molar-refractivity contribution in [1.82, 2.24) is 5.32 Å². The Kier molecular flexibility index (Phi) is 4.95. The molecule has 2 N–H and O–H groups in total. The first-order chi connectivity index (χ1) is 8.70. The fourth-order valence-electron chi connectivity index (χ4n) is 1.43. The molecule has 104 valence electrons. The lowest BCUT2D eigenvalue weighted by Crippen LogP contribution is -2.46. The highest BCUT2D eigenvalue weighted by atomic mass is 35.5. The van der Waals surface area contributed by atoms with Crippen LogP contribution in [0, 0.1) is 5.41 Å². The molecular formula is C14H18ClNO3. The predicted octanol–water partition coefficient (Wildman–Crippen LogP) is 2.50. The first-order valence-corrected chi connectivity index (χ1v) is 6.36. The summed E-state index contributed by atoms with van der Waals surface area (Å²) in [6, 6.07) is 5.96. The van der Waals surface area contributed by atoms with E-state index >= 15 is 0 Å². The molecule has 0 heterocycles. The van der Waals surface area contributed by atoms with Gasteiger partial charge in [-0.2, -0.15) is 0 Å². The molecule has 0 aromatic heterocycles. The number of amides is 1. The van der Waals surface area contributed by atoms with Crippen LogP contribution >= 0.6 is 11.6 Å². The van der Waals surface area contributed by atoms with E-state index in [2.05, 4.69) is 5.32 Å². The molecule has 0 saturated heterocycles. The van der Waals surface area contributed by atoms with Gasteiger partial charge in [0.2, 0.25) is 5.91 Å². The third-order valence-corrected chi connectivity index (χ3v) is 2.89. The molecule has 0 bridgehead atoms. The molecule has 0 spiro atoms. The minimum atomic E-state index is -1.05. The van der Waals surface area contributed by atoms with Gasteiger partial charge in [0.05, 0.1) is 0 Å². The highest BCUT2D eigenvalue weighted by molar-refractivity contribution is 6.30. The van der Waals surface area contributed by atoms with Crippen LogP contribution in [-0.2, 0) is 16.0 Å². The van der Waals surface area contributed by atoms with Crippen molar-refractivity contribution in [3.05, 3.63) is 34.9 Å². The monoisotopic (exact) mass is 283 g/mol. The minimum Gasteiger partial charge on any atom is -0.480 e. The number of halogens is 1. The van der Waals surface area contributed by atoms with Crippen LogP contribution in [0.15, 0.2) is 24.3 Å². The zero-order valence-electron chi connectivity index (χ0n) is 11.2. The number of carboxylic acids is 1. The third-order valence-electron chi connectivity index (χ3n) is 2.64. The van der Waals surface area contributed by atoms with Gasteiger partial charge in [0.1, 0.15) is 6.04 Å².